The van der Waals surface area contributed by atoms with Gasteiger partial charge in [0.1, 0.15) is 10.6 Å². The van der Waals surface area contributed by atoms with Gasteiger partial charge in [-0.05, 0) is 24.4 Å². The van der Waals surface area contributed by atoms with E-state index in [1.165, 1.54) is 4.88 Å². The number of aryl methyl sites for hydroxylation is 1. The van der Waals surface area contributed by atoms with Gasteiger partial charge in [-0.3, -0.25) is 0 Å². The molecule has 3 heterocycles. The van der Waals surface area contributed by atoms with Crippen LogP contribution < -0.4 is 5.32 Å². The summed E-state index contributed by atoms with van der Waals surface area (Å²) in [6.07, 6.45) is 0. The minimum absolute atomic E-state index is 0.804. The van der Waals surface area contributed by atoms with Crippen LogP contribution in [-0.2, 0) is 0 Å². The topological polar surface area (TPSA) is 37.8 Å². The molecule has 17 heavy (non-hydrogen) atoms. The summed E-state index contributed by atoms with van der Waals surface area (Å²) in [5.74, 6) is 1.71. The third-order valence-corrected chi connectivity index (χ3v) is 4.30. The van der Waals surface area contributed by atoms with Crippen LogP contribution in [0.4, 0.5) is 5.82 Å². The molecule has 0 amide bonds. The van der Waals surface area contributed by atoms with Gasteiger partial charge in [0.15, 0.2) is 5.82 Å². The first-order valence-corrected chi connectivity index (χ1v) is 6.97. The standard InChI is InChI=1S/C12H11N3S2/c1-7-6-8-10(13-2)14-11(15-12(8)17-7)9-4-3-5-16-9/h3-6H,1-2H3,(H,13,14,15). The number of nitrogens with zero attached hydrogens (tertiary/aromatic N) is 2. The van der Waals surface area contributed by atoms with Crippen molar-refractivity contribution in [2.45, 2.75) is 6.92 Å². The van der Waals surface area contributed by atoms with Crippen molar-refractivity contribution in [2.75, 3.05) is 12.4 Å². The van der Waals surface area contributed by atoms with Crippen molar-refractivity contribution in [3.8, 4) is 10.7 Å². The summed E-state index contributed by atoms with van der Waals surface area (Å²) in [6, 6.07) is 6.20. The van der Waals surface area contributed by atoms with Crippen molar-refractivity contribution < 1.29 is 0 Å². The number of rotatable bonds is 2. The Morgan fingerprint density at radius 1 is 1.29 bits per heavy atom. The fraction of sp³-hybridized carbons (Fsp3) is 0.167. The Labute approximate surface area is 107 Å². The van der Waals surface area contributed by atoms with E-state index in [4.69, 9.17) is 0 Å². The van der Waals surface area contributed by atoms with E-state index in [1.54, 1.807) is 22.7 Å². The van der Waals surface area contributed by atoms with Gasteiger partial charge < -0.3 is 5.32 Å². The van der Waals surface area contributed by atoms with Crippen LogP contribution in [0.3, 0.4) is 0 Å². The van der Waals surface area contributed by atoms with Crippen molar-refractivity contribution in [2.24, 2.45) is 0 Å². The molecule has 3 aromatic heterocycles. The summed E-state index contributed by atoms with van der Waals surface area (Å²) in [7, 11) is 1.90. The summed E-state index contributed by atoms with van der Waals surface area (Å²) < 4.78 is 0. The van der Waals surface area contributed by atoms with E-state index in [0.29, 0.717) is 0 Å². The lowest BCUT2D eigenvalue weighted by molar-refractivity contribution is 1.23. The molecule has 0 aliphatic heterocycles. The molecule has 0 aliphatic rings. The minimum atomic E-state index is 0.804. The molecule has 0 spiro atoms. The van der Waals surface area contributed by atoms with Crippen LogP contribution in [0.15, 0.2) is 23.6 Å². The van der Waals surface area contributed by atoms with Crippen LogP contribution in [-0.4, -0.2) is 17.0 Å². The highest BCUT2D eigenvalue weighted by Crippen LogP contribution is 2.31. The van der Waals surface area contributed by atoms with E-state index in [1.807, 2.05) is 24.6 Å². The molecule has 0 saturated heterocycles. The molecular formula is C12H11N3S2. The van der Waals surface area contributed by atoms with Crippen LogP contribution in [0.5, 0.6) is 0 Å². The Hall–Kier alpha value is -1.46. The molecule has 0 aliphatic carbocycles. The molecule has 0 aromatic carbocycles. The van der Waals surface area contributed by atoms with Crippen LogP contribution in [0.1, 0.15) is 4.88 Å². The zero-order valence-electron chi connectivity index (χ0n) is 9.52. The van der Waals surface area contributed by atoms with E-state index >= 15 is 0 Å². The lowest BCUT2D eigenvalue weighted by Crippen LogP contribution is -1.96. The molecule has 0 bridgehead atoms. The number of hydrogen-bond acceptors (Lipinski definition) is 5. The average Bonchev–Trinajstić information content (AvgIpc) is 2.94. The number of hydrogen-bond donors (Lipinski definition) is 1. The molecular weight excluding hydrogens is 250 g/mol. The highest BCUT2D eigenvalue weighted by atomic mass is 32.1. The Balaban J connectivity index is 2.28. The van der Waals surface area contributed by atoms with Gasteiger partial charge in [-0.2, -0.15) is 0 Å². The normalized spacial score (nSPS) is 10.9. The van der Waals surface area contributed by atoms with Crippen molar-refractivity contribution in [3.63, 3.8) is 0 Å². The molecule has 3 aromatic rings. The van der Waals surface area contributed by atoms with E-state index in [2.05, 4.69) is 28.3 Å². The SMILES string of the molecule is CNc1nc(-c2cccs2)nc2sc(C)cc12. The molecule has 0 fully saturated rings. The van der Waals surface area contributed by atoms with Gasteiger partial charge in [-0.1, -0.05) is 6.07 Å². The van der Waals surface area contributed by atoms with Crippen LogP contribution in [0.2, 0.25) is 0 Å². The molecule has 0 atom stereocenters. The Bertz CT molecular complexity index is 656. The van der Waals surface area contributed by atoms with Gasteiger partial charge in [0.05, 0.1) is 10.3 Å². The number of fused-ring (bicyclic) bond motifs is 1. The predicted molar refractivity (Wildman–Crippen MR) is 75.0 cm³/mol. The third-order valence-electron chi connectivity index (χ3n) is 2.49. The number of anilines is 1. The van der Waals surface area contributed by atoms with Gasteiger partial charge in [0.25, 0.3) is 0 Å². The molecule has 1 N–H and O–H groups in total. The second-order valence-electron chi connectivity index (χ2n) is 3.70. The molecule has 0 saturated carbocycles. The zero-order valence-corrected chi connectivity index (χ0v) is 11.2. The molecule has 0 unspecified atom stereocenters. The Morgan fingerprint density at radius 2 is 2.18 bits per heavy atom. The Kier molecular flexibility index (Phi) is 2.57. The molecule has 3 rings (SSSR count). The molecule has 5 heteroatoms. The van der Waals surface area contributed by atoms with Gasteiger partial charge in [0.2, 0.25) is 0 Å². The van der Waals surface area contributed by atoms with Crippen LogP contribution in [0, 0.1) is 6.92 Å². The molecule has 3 nitrogen and oxygen atoms in total. The first kappa shape index (κ1) is 10.7. The Morgan fingerprint density at radius 3 is 2.88 bits per heavy atom. The lowest BCUT2D eigenvalue weighted by Gasteiger charge is -2.03. The minimum Gasteiger partial charge on any atom is -0.372 e. The molecule has 86 valence electrons. The summed E-state index contributed by atoms with van der Waals surface area (Å²) in [4.78, 5) is 12.6. The maximum Gasteiger partial charge on any atom is 0.173 e. The highest BCUT2D eigenvalue weighted by Gasteiger charge is 2.11. The smallest absolute Gasteiger partial charge is 0.173 e. The van der Waals surface area contributed by atoms with Gasteiger partial charge in [-0.25, -0.2) is 9.97 Å². The largest absolute Gasteiger partial charge is 0.372 e. The van der Waals surface area contributed by atoms with E-state index in [0.717, 1.165) is 26.7 Å². The van der Waals surface area contributed by atoms with Gasteiger partial charge in [0, 0.05) is 11.9 Å². The maximum absolute atomic E-state index is 4.62. The average molecular weight is 261 g/mol. The van der Waals surface area contributed by atoms with E-state index in [9.17, 15) is 0 Å². The van der Waals surface area contributed by atoms with Crippen LogP contribution in [0.25, 0.3) is 20.9 Å². The quantitative estimate of drug-likeness (QED) is 0.763. The monoisotopic (exact) mass is 261 g/mol. The summed E-state index contributed by atoms with van der Waals surface area (Å²) in [5, 5.41) is 6.30. The molecule has 0 radical (unpaired) electrons. The fourth-order valence-corrected chi connectivity index (χ4v) is 3.29. The van der Waals surface area contributed by atoms with Crippen molar-refractivity contribution >= 4 is 38.7 Å². The fourth-order valence-electron chi connectivity index (χ4n) is 1.75. The van der Waals surface area contributed by atoms with E-state index < -0.39 is 0 Å². The zero-order chi connectivity index (χ0) is 11.8. The van der Waals surface area contributed by atoms with Gasteiger partial charge in [-0.15, -0.1) is 22.7 Å². The summed E-state index contributed by atoms with van der Waals surface area (Å²) >= 11 is 3.37. The number of thiophene rings is 2. The van der Waals surface area contributed by atoms with Crippen molar-refractivity contribution in [3.05, 3.63) is 28.5 Å². The van der Waals surface area contributed by atoms with Crippen molar-refractivity contribution in [1.29, 1.82) is 0 Å². The highest BCUT2D eigenvalue weighted by molar-refractivity contribution is 7.18. The first-order chi connectivity index (χ1) is 8.28. The van der Waals surface area contributed by atoms with Gasteiger partial charge >= 0.3 is 0 Å². The summed E-state index contributed by atoms with van der Waals surface area (Å²) in [6.45, 7) is 2.09. The number of aromatic nitrogens is 2. The lowest BCUT2D eigenvalue weighted by atomic mass is 10.3. The van der Waals surface area contributed by atoms with E-state index in [-0.39, 0.29) is 0 Å². The summed E-state index contributed by atoms with van der Waals surface area (Å²) in [5.41, 5.74) is 0. The second-order valence-corrected chi connectivity index (χ2v) is 5.88. The second kappa shape index (κ2) is 4.09. The van der Waals surface area contributed by atoms with Crippen molar-refractivity contribution in [1.82, 2.24) is 9.97 Å². The predicted octanol–water partition coefficient (Wildman–Crippen LogP) is 3.77. The first-order valence-electron chi connectivity index (χ1n) is 5.28. The van der Waals surface area contributed by atoms with Crippen LogP contribution >= 0.6 is 22.7 Å². The third kappa shape index (κ3) is 1.81. The maximum atomic E-state index is 4.62. The number of nitrogens with one attached hydrogen (secondary N) is 1.